The number of benzene rings is 3. The molecule has 0 fully saturated rings. The Kier molecular flexibility index (Phi) is 3.14. The van der Waals surface area contributed by atoms with Crippen molar-refractivity contribution in [3.8, 4) is 39.5 Å². The van der Waals surface area contributed by atoms with Crippen molar-refractivity contribution in [3.63, 3.8) is 0 Å². The summed E-state index contributed by atoms with van der Waals surface area (Å²) in [5, 5.41) is 20.5. The first-order valence-electron chi connectivity index (χ1n) is 7.12. The Morgan fingerprint density at radius 2 is 1.35 bits per heavy atom. The molecule has 1 heterocycles. The second kappa shape index (κ2) is 5.18. The van der Waals surface area contributed by atoms with Crippen LogP contribution >= 0.6 is 8.03 Å². The molecule has 0 saturated heterocycles. The highest BCUT2D eigenvalue weighted by atomic mass is 31.1. The van der Waals surface area contributed by atoms with Crippen molar-refractivity contribution in [1.29, 1.82) is 0 Å². The molecule has 4 rings (SSSR count). The summed E-state index contributed by atoms with van der Waals surface area (Å²) in [5.74, 6) is 0.160. The average molecular weight is 324 g/mol. The number of phenols is 2. The van der Waals surface area contributed by atoms with Gasteiger partial charge in [-0.1, -0.05) is 48.5 Å². The molecule has 1 atom stereocenters. The Hall–Kier alpha value is -2.71. The predicted molar refractivity (Wildman–Crippen MR) is 89.9 cm³/mol. The third-order valence-corrected chi connectivity index (χ3v) is 5.31. The molecule has 0 aliphatic carbocycles. The van der Waals surface area contributed by atoms with Crippen molar-refractivity contribution in [2.24, 2.45) is 0 Å². The van der Waals surface area contributed by atoms with Crippen LogP contribution in [0.3, 0.4) is 0 Å². The largest absolute Gasteiger partial charge is 0.504 e. The zero-order valence-corrected chi connectivity index (χ0v) is 13.0. The first kappa shape index (κ1) is 13.9. The molecule has 0 amide bonds. The molecule has 1 unspecified atom stereocenters. The smallest absolute Gasteiger partial charge is 0.267 e. The van der Waals surface area contributed by atoms with E-state index in [4.69, 9.17) is 4.52 Å². The van der Waals surface area contributed by atoms with Gasteiger partial charge in [-0.25, -0.2) is 0 Å². The van der Waals surface area contributed by atoms with E-state index in [2.05, 4.69) is 0 Å². The number of rotatable bonds is 1. The van der Waals surface area contributed by atoms with Crippen molar-refractivity contribution in [2.45, 2.75) is 0 Å². The van der Waals surface area contributed by atoms with E-state index in [9.17, 15) is 14.8 Å². The average Bonchev–Trinajstić information content (AvgIpc) is 2.57. The lowest BCUT2D eigenvalue weighted by Crippen LogP contribution is -2.13. The lowest BCUT2D eigenvalue weighted by Gasteiger charge is -2.23. The van der Waals surface area contributed by atoms with Crippen molar-refractivity contribution in [2.75, 3.05) is 0 Å². The van der Waals surface area contributed by atoms with Gasteiger partial charge >= 0.3 is 0 Å². The summed E-state index contributed by atoms with van der Waals surface area (Å²) < 4.78 is 18.3. The summed E-state index contributed by atoms with van der Waals surface area (Å²) in [5.41, 5.74) is 2.74. The fourth-order valence-corrected chi connectivity index (χ4v) is 4.25. The summed E-state index contributed by atoms with van der Waals surface area (Å²) in [6, 6.07) is 17.7. The first-order chi connectivity index (χ1) is 11.2. The molecule has 3 aromatic rings. The molecular weight excluding hydrogens is 311 g/mol. The normalized spacial score (nSPS) is 15.4. The Bertz CT molecular complexity index is 950. The molecule has 2 N–H and O–H groups in total. The lowest BCUT2D eigenvalue weighted by molar-refractivity contribution is 0.405. The molecule has 1 aliphatic rings. The minimum Gasteiger partial charge on any atom is -0.504 e. The maximum atomic E-state index is 12.7. The molecule has 0 spiro atoms. The number of fused-ring (bicyclic) bond motifs is 3. The fourth-order valence-electron chi connectivity index (χ4n) is 2.90. The molecule has 114 valence electrons. The number of aromatic hydroxyl groups is 2. The third kappa shape index (κ3) is 2.11. The maximum absolute atomic E-state index is 12.7. The van der Waals surface area contributed by atoms with Crippen molar-refractivity contribution in [1.82, 2.24) is 0 Å². The monoisotopic (exact) mass is 324 g/mol. The number of hydrogen-bond donors (Lipinski definition) is 2. The predicted octanol–water partition coefficient (Wildman–Crippen LogP) is 3.92. The highest BCUT2D eigenvalue weighted by molar-refractivity contribution is 7.49. The van der Waals surface area contributed by atoms with Gasteiger partial charge in [-0.3, -0.25) is 4.57 Å². The van der Waals surface area contributed by atoms with E-state index in [-0.39, 0.29) is 11.5 Å². The quantitative estimate of drug-likeness (QED) is 0.526. The van der Waals surface area contributed by atoms with Gasteiger partial charge in [0.05, 0.1) is 5.30 Å². The zero-order chi connectivity index (χ0) is 16.0. The van der Waals surface area contributed by atoms with Gasteiger partial charge in [0, 0.05) is 11.1 Å². The summed E-state index contributed by atoms with van der Waals surface area (Å²) in [4.78, 5) is 0. The van der Waals surface area contributed by atoms with Crippen molar-refractivity contribution < 1.29 is 19.3 Å². The van der Waals surface area contributed by atoms with E-state index >= 15 is 0 Å². The SMILES string of the molecule is O=[PH]1Oc2ccccc2-c2cccc(-c3cccc(O)c3O)c21. The van der Waals surface area contributed by atoms with Crippen LogP contribution in [0.25, 0.3) is 22.3 Å². The Labute approximate surface area is 133 Å². The molecule has 4 nitrogen and oxygen atoms in total. The van der Waals surface area contributed by atoms with Crippen LogP contribution in [0, 0.1) is 0 Å². The van der Waals surface area contributed by atoms with Crippen LogP contribution in [0.1, 0.15) is 0 Å². The van der Waals surface area contributed by atoms with Crippen LogP contribution in [0.2, 0.25) is 0 Å². The number of hydrogen-bond acceptors (Lipinski definition) is 4. The lowest BCUT2D eigenvalue weighted by atomic mass is 9.97. The molecule has 1 aliphatic heterocycles. The van der Waals surface area contributed by atoms with Gasteiger partial charge in [-0.05, 0) is 23.3 Å². The minimum absolute atomic E-state index is 0.211. The molecule has 0 aromatic heterocycles. The van der Waals surface area contributed by atoms with Gasteiger partial charge in [0.25, 0.3) is 8.03 Å². The van der Waals surface area contributed by atoms with Crippen molar-refractivity contribution in [3.05, 3.63) is 60.7 Å². The number of para-hydroxylation sites is 2. The van der Waals surface area contributed by atoms with Crippen LogP contribution in [-0.2, 0) is 4.57 Å². The topological polar surface area (TPSA) is 66.8 Å². The molecule has 3 aromatic carbocycles. The molecule has 23 heavy (non-hydrogen) atoms. The number of phenolic OH excluding ortho intramolecular Hbond substituents is 2. The van der Waals surface area contributed by atoms with Gasteiger partial charge in [-0.15, -0.1) is 0 Å². The highest BCUT2D eigenvalue weighted by Crippen LogP contribution is 2.46. The van der Waals surface area contributed by atoms with E-state index in [1.807, 2.05) is 30.3 Å². The standard InChI is InChI=1S/C18H13O4P/c19-15-9-4-6-12(17(15)20)14-8-3-7-13-11-5-1-2-10-16(11)22-23(21)18(13)14/h1-10,19-20,23H. The fraction of sp³-hybridized carbons (Fsp3) is 0. The van der Waals surface area contributed by atoms with Gasteiger partial charge in [0.1, 0.15) is 5.75 Å². The van der Waals surface area contributed by atoms with E-state index in [0.717, 1.165) is 11.1 Å². The molecule has 0 bridgehead atoms. The summed E-state index contributed by atoms with van der Waals surface area (Å²) in [6.45, 7) is 0. The summed E-state index contributed by atoms with van der Waals surface area (Å²) >= 11 is 0. The van der Waals surface area contributed by atoms with Crippen LogP contribution in [0.15, 0.2) is 60.7 Å². The second-order valence-electron chi connectivity index (χ2n) is 5.29. The van der Waals surface area contributed by atoms with E-state index < -0.39 is 8.03 Å². The zero-order valence-electron chi connectivity index (χ0n) is 12.0. The van der Waals surface area contributed by atoms with Gasteiger partial charge in [-0.2, -0.15) is 0 Å². The molecule has 5 heteroatoms. The van der Waals surface area contributed by atoms with E-state index in [1.165, 1.54) is 6.07 Å². The first-order valence-corrected chi connectivity index (χ1v) is 8.44. The Balaban J connectivity index is 2.03. The Morgan fingerprint density at radius 1 is 0.739 bits per heavy atom. The van der Waals surface area contributed by atoms with Crippen LogP contribution in [-0.4, -0.2) is 10.2 Å². The van der Waals surface area contributed by atoms with E-state index in [0.29, 0.717) is 22.2 Å². The second-order valence-corrected chi connectivity index (χ2v) is 6.57. The van der Waals surface area contributed by atoms with Gasteiger partial charge in [0.15, 0.2) is 11.5 Å². The van der Waals surface area contributed by atoms with Crippen LogP contribution < -0.4 is 9.83 Å². The molecule has 0 radical (unpaired) electrons. The van der Waals surface area contributed by atoms with Crippen LogP contribution in [0.5, 0.6) is 17.2 Å². The molecular formula is C18H13O4P. The maximum Gasteiger partial charge on any atom is 0.267 e. The van der Waals surface area contributed by atoms with Crippen molar-refractivity contribution >= 4 is 13.3 Å². The van der Waals surface area contributed by atoms with E-state index in [1.54, 1.807) is 24.3 Å². The third-order valence-electron chi connectivity index (χ3n) is 3.95. The van der Waals surface area contributed by atoms with Crippen LogP contribution in [0.4, 0.5) is 0 Å². The van der Waals surface area contributed by atoms with Gasteiger partial charge in [0.2, 0.25) is 0 Å². The minimum atomic E-state index is -2.51. The summed E-state index contributed by atoms with van der Waals surface area (Å²) in [6.07, 6.45) is 0. The summed E-state index contributed by atoms with van der Waals surface area (Å²) in [7, 11) is -2.51. The Morgan fingerprint density at radius 3 is 2.17 bits per heavy atom. The molecule has 0 saturated carbocycles. The highest BCUT2D eigenvalue weighted by Gasteiger charge is 2.26. The van der Waals surface area contributed by atoms with Gasteiger partial charge < -0.3 is 14.7 Å².